The summed E-state index contributed by atoms with van der Waals surface area (Å²) in [6.45, 7) is 6.46. The van der Waals surface area contributed by atoms with Crippen molar-refractivity contribution >= 4 is 10.9 Å². The zero-order chi connectivity index (χ0) is 19.5. The number of aromatic amines is 1. The highest BCUT2D eigenvalue weighted by molar-refractivity contribution is 5.86. The van der Waals surface area contributed by atoms with Crippen LogP contribution in [0.15, 0.2) is 42.5 Å². The Bertz CT molecular complexity index is 952. The molecule has 1 aliphatic rings. The van der Waals surface area contributed by atoms with Crippen LogP contribution in [0, 0.1) is 5.82 Å². The minimum absolute atomic E-state index is 0.126. The van der Waals surface area contributed by atoms with E-state index in [1.807, 2.05) is 18.2 Å². The number of hydrogen-bond acceptors (Lipinski definition) is 3. The summed E-state index contributed by atoms with van der Waals surface area (Å²) in [6.07, 6.45) is 1.06. The number of methoxy groups -OCH3 is 1. The quantitative estimate of drug-likeness (QED) is 0.596. The van der Waals surface area contributed by atoms with Crippen LogP contribution in [0.1, 0.15) is 36.1 Å². The smallest absolute Gasteiger partial charge is 0.127 e. The van der Waals surface area contributed by atoms with Gasteiger partial charge in [-0.2, -0.15) is 0 Å². The molecule has 0 spiro atoms. The zero-order valence-corrected chi connectivity index (χ0v) is 16.6. The Morgan fingerprint density at radius 2 is 2.11 bits per heavy atom. The van der Waals surface area contributed by atoms with Crippen LogP contribution in [0.2, 0.25) is 0 Å². The van der Waals surface area contributed by atoms with Crippen molar-refractivity contribution in [1.29, 1.82) is 0 Å². The lowest BCUT2D eigenvalue weighted by molar-refractivity contribution is 0.212. The van der Waals surface area contributed by atoms with Gasteiger partial charge in [-0.05, 0) is 43.3 Å². The molecule has 1 aromatic heterocycles. The van der Waals surface area contributed by atoms with Crippen LogP contribution in [0.4, 0.5) is 4.39 Å². The van der Waals surface area contributed by atoms with Gasteiger partial charge in [0.2, 0.25) is 0 Å². The Balaban J connectivity index is 1.66. The van der Waals surface area contributed by atoms with E-state index < -0.39 is 0 Å². The zero-order valence-electron chi connectivity index (χ0n) is 16.6. The molecule has 5 heteroatoms. The van der Waals surface area contributed by atoms with E-state index in [1.165, 1.54) is 16.6 Å². The number of nitrogens with zero attached hydrogens (tertiary/aromatic N) is 1. The van der Waals surface area contributed by atoms with E-state index in [0.29, 0.717) is 12.5 Å². The average Bonchev–Trinajstić information content (AvgIpc) is 3.07. The number of hydrogen-bond donors (Lipinski definition) is 2. The summed E-state index contributed by atoms with van der Waals surface area (Å²) in [5, 5.41) is 4.73. The van der Waals surface area contributed by atoms with Crippen LogP contribution in [0.5, 0.6) is 5.75 Å². The second-order valence-electron chi connectivity index (χ2n) is 7.53. The van der Waals surface area contributed by atoms with Gasteiger partial charge in [0.05, 0.1) is 7.11 Å². The lowest BCUT2D eigenvalue weighted by Gasteiger charge is -2.33. The van der Waals surface area contributed by atoms with E-state index in [-0.39, 0.29) is 5.82 Å². The molecule has 2 N–H and O–H groups in total. The van der Waals surface area contributed by atoms with Crippen LogP contribution >= 0.6 is 0 Å². The molecule has 2 heterocycles. The first-order valence-electron chi connectivity index (χ1n) is 10.0. The molecule has 0 aliphatic carbocycles. The van der Waals surface area contributed by atoms with E-state index in [9.17, 15) is 4.39 Å². The van der Waals surface area contributed by atoms with Gasteiger partial charge in [0.1, 0.15) is 11.6 Å². The lowest BCUT2D eigenvalue weighted by atomic mass is 9.89. The van der Waals surface area contributed by atoms with Crippen molar-refractivity contribution < 1.29 is 9.13 Å². The fourth-order valence-electron chi connectivity index (χ4n) is 4.34. The maximum absolute atomic E-state index is 14.2. The molecule has 0 saturated carbocycles. The largest absolute Gasteiger partial charge is 0.497 e. The van der Waals surface area contributed by atoms with E-state index in [0.717, 1.165) is 49.4 Å². The van der Waals surface area contributed by atoms with Crippen LogP contribution in [0.25, 0.3) is 10.9 Å². The maximum Gasteiger partial charge on any atom is 0.127 e. The van der Waals surface area contributed by atoms with Crippen LogP contribution < -0.4 is 10.1 Å². The van der Waals surface area contributed by atoms with Gasteiger partial charge in [-0.15, -0.1) is 0 Å². The molecule has 0 fully saturated rings. The Morgan fingerprint density at radius 3 is 2.89 bits per heavy atom. The Kier molecular flexibility index (Phi) is 5.64. The Hall–Kier alpha value is -2.37. The summed E-state index contributed by atoms with van der Waals surface area (Å²) in [5.74, 6) is 1.15. The second-order valence-corrected chi connectivity index (χ2v) is 7.53. The Morgan fingerprint density at radius 1 is 1.25 bits per heavy atom. The topological polar surface area (TPSA) is 40.3 Å². The number of aromatic nitrogens is 1. The summed E-state index contributed by atoms with van der Waals surface area (Å²) >= 11 is 0. The van der Waals surface area contributed by atoms with Crippen molar-refractivity contribution in [2.75, 3.05) is 26.7 Å². The minimum atomic E-state index is -0.126. The fourth-order valence-corrected chi connectivity index (χ4v) is 4.34. The molecule has 28 heavy (non-hydrogen) atoms. The second kappa shape index (κ2) is 8.33. The first-order chi connectivity index (χ1) is 13.7. The van der Waals surface area contributed by atoms with E-state index in [2.05, 4.69) is 34.3 Å². The summed E-state index contributed by atoms with van der Waals surface area (Å²) < 4.78 is 19.6. The number of rotatable bonds is 7. The summed E-state index contributed by atoms with van der Waals surface area (Å²) in [7, 11) is 1.69. The van der Waals surface area contributed by atoms with E-state index in [4.69, 9.17) is 4.74 Å². The van der Waals surface area contributed by atoms with Crippen molar-refractivity contribution in [3.8, 4) is 5.75 Å². The molecule has 0 radical (unpaired) electrons. The molecule has 0 amide bonds. The molecule has 3 aromatic rings. The molecule has 2 aromatic carbocycles. The molecular weight excluding hydrogens is 353 g/mol. The SMILES string of the molecule is CCNCCC1CN(Cc2ccccc2F)Cc2[nH]c3cc(OC)ccc3c21. The van der Waals surface area contributed by atoms with Crippen molar-refractivity contribution in [3.63, 3.8) is 0 Å². The van der Waals surface area contributed by atoms with Gasteiger partial charge >= 0.3 is 0 Å². The van der Waals surface area contributed by atoms with Crippen LogP contribution in [-0.4, -0.2) is 36.6 Å². The normalized spacial score (nSPS) is 17.0. The highest BCUT2D eigenvalue weighted by Gasteiger charge is 2.29. The number of benzene rings is 2. The number of halogens is 1. The predicted octanol–water partition coefficient (Wildman–Crippen LogP) is 4.41. The van der Waals surface area contributed by atoms with Gasteiger partial charge in [-0.1, -0.05) is 25.1 Å². The molecule has 4 nitrogen and oxygen atoms in total. The predicted molar refractivity (Wildman–Crippen MR) is 111 cm³/mol. The minimum Gasteiger partial charge on any atom is -0.497 e. The highest BCUT2D eigenvalue weighted by Crippen LogP contribution is 2.38. The molecule has 148 valence electrons. The molecule has 1 unspecified atom stereocenters. The third-order valence-electron chi connectivity index (χ3n) is 5.67. The van der Waals surface area contributed by atoms with Gasteiger partial charge in [-0.25, -0.2) is 4.39 Å². The van der Waals surface area contributed by atoms with Crippen molar-refractivity contribution in [2.45, 2.75) is 32.4 Å². The fraction of sp³-hybridized carbons (Fsp3) is 0.391. The number of nitrogens with one attached hydrogen (secondary N) is 2. The lowest BCUT2D eigenvalue weighted by Crippen LogP contribution is -2.34. The molecule has 0 bridgehead atoms. The first kappa shape index (κ1) is 19.0. The third-order valence-corrected chi connectivity index (χ3v) is 5.67. The average molecular weight is 381 g/mol. The summed E-state index contributed by atoms with van der Waals surface area (Å²) in [5.41, 5.74) is 4.53. The van der Waals surface area contributed by atoms with Crippen LogP contribution in [-0.2, 0) is 13.1 Å². The van der Waals surface area contributed by atoms with Crippen LogP contribution in [0.3, 0.4) is 0 Å². The van der Waals surface area contributed by atoms with Gasteiger partial charge in [0.25, 0.3) is 0 Å². The molecule has 1 aliphatic heterocycles. The maximum atomic E-state index is 14.2. The number of fused-ring (bicyclic) bond motifs is 3. The van der Waals surface area contributed by atoms with Gasteiger partial charge < -0.3 is 15.0 Å². The van der Waals surface area contributed by atoms with Gasteiger partial charge in [0.15, 0.2) is 0 Å². The Labute approximate surface area is 165 Å². The molecule has 1 atom stereocenters. The molecular formula is C23H28FN3O. The van der Waals surface area contributed by atoms with Gasteiger partial charge in [0, 0.05) is 53.8 Å². The van der Waals surface area contributed by atoms with Crippen molar-refractivity contribution in [2.24, 2.45) is 0 Å². The highest BCUT2D eigenvalue weighted by atomic mass is 19.1. The summed E-state index contributed by atoms with van der Waals surface area (Å²) in [6, 6.07) is 13.3. The number of ether oxygens (including phenoxy) is 1. The van der Waals surface area contributed by atoms with E-state index >= 15 is 0 Å². The number of H-pyrrole nitrogens is 1. The monoisotopic (exact) mass is 381 g/mol. The molecule has 0 saturated heterocycles. The van der Waals surface area contributed by atoms with E-state index in [1.54, 1.807) is 19.2 Å². The third kappa shape index (κ3) is 3.77. The summed E-state index contributed by atoms with van der Waals surface area (Å²) in [4.78, 5) is 5.96. The van der Waals surface area contributed by atoms with Crippen molar-refractivity contribution in [1.82, 2.24) is 15.2 Å². The van der Waals surface area contributed by atoms with Gasteiger partial charge in [-0.3, -0.25) is 4.90 Å². The standard InChI is InChI=1S/C23H28FN3O/c1-3-25-11-10-17-14-27(13-16-6-4-5-7-20(16)24)15-22-23(17)19-9-8-18(28-2)12-21(19)26-22/h4-9,12,17,25-26H,3,10-11,13-15H2,1-2H3. The van der Waals surface area contributed by atoms with Crippen molar-refractivity contribution in [3.05, 3.63) is 65.1 Å². The molecule has 4 rings (SSSR count). The first-order valence-corrected chi connectivity index (χ1v) is 10.0.